The van der Waals surface area contributed by atoms with E-state index in [4.69, 9.17) is 0 Å². The fourth-order valence-electron chi connectivity index (χ4n) is 12.8. The summed E-state index contributed by atoms with van der Waals surface area (Å²) in [7, 11) is 0. The van der Waals surface area contributed by atoms with Crippen molar-refractivity contribution < 1.29 is 0 Å². The zero-order valence-electron chi connectivity index (χ0n) is 44.4. The Kier molecular flexibility index (Phi) is 10.9. The van der Waals surface area contributed by atoms with Gasteiger partial charge in [0.1, 0.15) is 0 Å². The first-order valence-corrected chi connectivity index (χ1v) is 27.0. The van der Waals surface area contributed by atoms with Gasteiger partial charge in [-0.25, -0.2) is 0 Å². The zero-order chi connectivity index (χ0) is 53.6. The van der Waals surface area contributed by atoms with Gasteiger partial charge in [0.15, 0.2) is 0 Å². The summed E-state index contributed by atoms with van der Waals surface area (Å²) >= 11 is 0. The van der Waals surface area contributed by atoms with Crippen LogP contribution >= 0.6 is 0 Å². The number of hydrogen-bond acceptors (Lipinski definition) is 4. The highest BCUT2D eigenvalue weighted by Crippen LogP contribution is 2.52. The largest absolute Gasteiger partial charge is 0.310 e. The fourth-order valence-corrected chi connectivity index (χ4v) is 12.8. The van der Waals surface area contributed by atoms with Gasteiger partial charge in [0.2, 0.25) is 0 Å². The van der Waals surface area contributed by atoms with Gasteiger partial charge in [0.25, 0.3) is 0 Å². The quantitative estimate of drug-likeness (QED) is 0.145. The van der Waals surface area contributed by atoms with Gasteiger partial charge in [-0.3, -0.25) is 0 Å². The first kappa shape index (κ1) is 47.3. The van der Waals surface area contributed by atoms with E-state index in [-0.39, 0.29) is 10.8 Å². The van der Waals surface area contributed by atoms with Crippen molar-refractivity contribution >= 4 is 55.9 Å². The van der Waals surface area contributed by atoms with E-state index < -0.39 is 0 Å². The van der Waals surface area contributed by atoms with E-state index in [0.29, 0.717) is 11.1 Å². The van der Waals surface area contributed by atoms with Crippen molar-refractivity contribution in [1.29, 1.82) is 10.5 Å². The van der Waals surface area contributed by atoms with Crippen molar-refractivity contribution in [3.8, 4) is 62.3 Å². The highest BCUT2D eigenvalue weighted by molar-refractivity contribution is 6.12. The lowest BCUT2D eigenvalue weighted by molar-refractivity contribution is 0.660. The van der Waals surface area contributed by atoms with Gasteiger partial charge in [0, 0.05) is 61.4 Å². The van der Waals surface area contributed by atoms with Gasteiger partial charge in [-0.15, -0.1) is 0 Å². The molecule has 0 bridgehead atoms. The molecule has 2 aliphatic carbocycles. The van der Waals surface area contributed by atoms with Crippen molar-refractivity contribution in [3.05, 3.63) is 282 Å². The summed E-state index contributed by atoms with van der Waals surface area (Å²) in [6.07, 6.45) is 0. The molecule has 0 radical (unpaired) electrons. The van der Waals surface area contributed by atoms with E-state index in [1.165, 1.54) is 55.6 Å². The third-order valence-electron chi connectivity index (χ3n) is 16.9. The van der Waals surface area contributed by atoms with E-state index in [9.17, 15) is 10.5 Å². The SMILES string of the molecule is CC1(C)c2ccccc2-c2ccc(-c3ccc(N(c4ccc(C#N)cc4)c4ccc5c(c4)c4cc(N(c6ccc(C#N)cc6)c6ccc(-c7ccc8c(c7)C(C)(C)c7ccccc7-8)cc6)ccc4n5-c4ccccc4)cc3)cc21. The van der Waals surface area contributed by atoms with E-state index in [1.807, 2.05) is 48.5 Å². The van der Waals surface area contributed by atoms with E-state index in [2.05, 4.69) is 254 Å². The zero-order valence-corrected chi connectivity index (χ0v) is 44.4. The summed E-state index contributed by atoms with van der Waals surface area (Å²) in [6, 6.07) is 93.6. The number of aromatic nitrogens is 1. The minimum Gasteiger partial charge on any atom is -0.310 e. The Morgan fingerprint density at radius 1 is 0.316 bits per heavy atom. The Balaban J connectivity index is 0.886. The molecule has 0 N–H and O–H groups in total. The Hall–Kier alpha value is -10.2. The molecule has 0 saturated carbocycles. The van der Waals surface area contributed by atoms with Crippen molar-refractivity contribution in [2.45, 2.75) is 38.5 Å². The second kappa shape index (κ2) is 18.2. The van der Waals surface area contributed by atoms with Crippen molar-refractivity contribution in [3.63, 3.8) is 0 Å². The fraction of sp³-hybridized carbons (Fsp3) is 0.0811. The van der Waals surface area contributed by atoms with Crippen LogP contribution in [0.5, 0.6) is 0 Å². The van der Waals surface area contributed by atoms with Gasteiger partial charge >= 0.3 is 0 Å². The van der Waals surface area contributed by atoms with Crippen LogP contribution in [0.15, 0.2) is 249 Å². The van der Waals surface area contributed by atoms with E-state index in [0.717, 1.165) is 72.7 Å². The molecule has 0 fully saturated rings. The van der Waals surface area contributed by atoms with Gasteiger partial charge < -0.3 is 14.4 Å². The predicted octanol–water partition coefficient (Wildman–Crippen LogP) is 19.4. The second-order valence-electron chi connectivity index (χ2n) is 22.0. The molecule has 79 heavy (non-hydrogen) atoms. The molecule has 0 saturated heterocycles. The average Bonchev–Trinajstić information content (AvgIpc) is 4.25. The second-order valence-corrected chi connectivity index (χ2v) is 22.0. The van der Waals surface area contributed by atoms with Crippen LogP contribution < -0.4 is 9.80 Å². The number of nitrogens with zero attached hydrogens (tertiary/aromatic N) is 5. The van der Waals surface area contributed by atoms with Crippen LogP contribution in [0.25, 0.3) is 72.0 Å². The number of rotatable bonds is 9. The number of hydrogen-bond donors (Lipinski definition) is 0. The van der Waals surface area contributed by atoms with Crippen molar-refractivity contribution in [2.75, 3.05) is 9.80 Å². The molecule has 11 aromatic carbocycles. The normalized spacial score (nSPS) is 13.2. The molecule has 0 atom stereocenters. The lowest BCUT2D eigenvalue weighted by Gasteiger charge is -2.26. The summed E-state index contributed by atoms with van der Waals surface area (Å²) in [4.78, 5) is 4.57. The maximum Gasteiger partial charge on any atom is 0.0991 e. The number of benzene rings is 11. The first-order valence-electron chi connectivity index (χ1n) is 27.0. The van der Waals surface area contributed by atoms with E-state index in [1.54, 1.807) is 0 Å². The van der Waals surface area contributed by atoms with Crippen LogP contribution in [-0.2, 0) is 10.8 Å². The van der Waals surface area contributed by atoms with Crippen LogP contribution in [0.1, 0.15) is 61.1 Å². The van der Waals surface area contributed by atoms with Gasteiger partial charge in [0.05, 0.1) is 34.3 Å². The van der Waals surface area contributed by atoms with Crippen molar-refractivity contribution in [2.24, 2.45) is 0 Å². The standard InChI is InChI=1S/C74H53N5/c1-73(2)67-16-10-8-14-61(67)63-38-26-52(42-69(63)73)50-22-32-57(33-23-50)77(55-28-18-48(46-75)19-29-55)59-36-40-71-65(44-59)66-45-60(37-41-72(66)79(71)54-12-6-5-7-13-54)78(56-30-20-49(47-76)21-31-56)58-34-24-51(25-35-58)53-27-39-64-62-15-9-11-17-68(62)74(3,4)70(64)43-53/h5-45H,1-4H3. The highest BCUT2D eigenvalue weighted by atomic mass is 15.1. The molecule has 1 aromatic heterocycles. The first-order chi connectivity index (χ1) is 38.6. The summed E-state index contributed by atoms with van der Waals surface area (Å²) < 4.78 is 2.35. The molecule has 12 aromatic rings. The van der Waals surface area contributed by atoms with Crippen LogP contribution in [-0.4, -0.2) is 4.57 Å². The Bertz CT molecular complexity index is 4200. The molecule has 14 rings (SSSR count). The molecule has 374 valence electrons. The van der Waals surface area contributed by atoms with Crippen LogP contribution in [0, 0.1) is 22.7 Å². The molecular formula is C74H53N5. The summed E-state index contributed by atoms with van der Waals surface area (Å²) in [6.45, 7) is 9.31. The minimum atomic E-state index is -0.0967. The predicted molar refractivity (Wildman–Crippen MR) is 326 cm³/mol. The number of para-hydroxylation sites is 1. The Labute approximate surface area is 461 Å². The maximum absolute atomic E-state index is 9.87. The smallest absolute Gasteiger partial charge is 0.0991 e. The molecular weight excluding hydrogens is 959 g/mol. The highest BCUT2D eigenvalue weighted by Gasteiger charge is 2.36. The molecule has 0 amide bonds. The molecule has 5 heteroatoms. The molecule has 0 spiro atoms. The van der Waals surface area contributed by atoms with E-state index >= 15 is 0 Å². The number of nitriles is 2. The van der Waals surface area contributed by atoms with Gasteiger partial charge in [-0.1, -0.05) is 143 Å². The average molecular weight is 1010 g/mol. The van der Waals surface area contributed by atoms with Gasteiger partial charge in [-0.2, -0.15) is 10.5 Å². The third kappa shape index (κ3) is 7.66. The Morgan fingerprint density at radius 2 is 0.658 bits per heavy atom. The summed E-state index contributed by atoms with van der Waals surface area (Å²) in [5, 5.41) is 21.9. The summed E-state index contributed by atoms with van der Waals surface area (Å²) in [5.74, 6) is 0. The molecule has 5 nitrogen and oxygen atoms in total. The number of fused-ring (bicyclic) bond motifs is 9. The molecule has 1 heterocycles. The monoisotopic (exact) mass is 1010 g/mol. The lowest BCUT2D eigenvalue weighted by Crippen LogP contribution is -2.14. The van der Waals surface area contributed by atoms with Crippen LogP contribution in [0.4, 0.5) is 34.1 Å². The van der Waals surface area contributed by atoms with Crippen LogP contribution in [0.2, 0.25) is 0 Å². The lowest BCUT2D eigenvalue weighted by atomic mass is 9.81. The molecule has 2 aliphatic rings. The number of anilines is 6. The van der Waals surface area contributed by atoms with Crippen molar-refractivity contribution in [1.82, 2.24) is 4.57 Å². The topological polar surface area (TPSA) is 59.0 Å². The molecule has 0 aliphatic heterocycles. The van der Waals surface area contributed by atoms with Gasteiger partial charge in [-0.05, 0) is 200 Å². The minimum absolute atomic E-state index is 0.0967. The third-order valence-corrected chi connectivity index (χ3v) is 16.9. The maximum atomic E-state index is 9.87. The Morgan fingerprint density at radius 3 is 1.06 bits per heavy atom. The van der Waals surface area contributed by atoms with Crippen LogP contribution in [0.3, 0.4) is 0 Å². The summed E-state index contributed by atoms with van der Waals surface area (Å²) in [5.41, 5.74) is 25.4. The molecule has 0 unspecified atom stereocenters.